The quantitative estimate of drug-likeness (QED) is 0.630. The summed E-state index contributed by atoms with van der Waals surface area (Å²) in [5.74, 6) is 0.854. The highest BCUT2D eigenvalue weighted by Gasteiger charge is 2.50. The van der Waals surface area contributed by atoms with E-state index in [9.17, 15) is 9.59 Å². The molecule has 10 heteroatoms. The molecular formula is C23H32N2O8. The monoisotopic (exact) mass is 464 g/mol. The first-order valence-electron chi connectivity index (χ1n) is 11.3. The van der Waals surface area contributed by atoms with E-state index >= 15 is 0 Å². The lowest BCUT2D eigenvalue weighted by Gasteiger charge is -2.24. The second-order valence-electron chi connectivity index (χ2n) is 8.51. The van der Waals surface area contributed by atoms with Crippen molar-refractivity contribution in [1.29, 1.82) is 0 Å². The highest BCUT2D eigenvalue weighted by molar-refractivity contribution is 5.96. The van der Waals surface area contributed by atoms with E-state index in [1.165, 1.54) is 27.8 Å². The SMILES string of the molecule is COc1cc(C(=O)NC2COC3C(OC(=O)NC4CCCCC4)COC23)cc(OC)c1OC. The van der Waals surface area contributed by atoms with Crippen LogP contribution in [0.1, 0.15) is 42.5 Å². The number of fused-ring (bicyclic) bond motifs is 1. The molecule has 2 amide bonds. The van der Waals surface area contributed by atoms with E-state index in [0.717, 1.165) is 25.7 Å². The summed E-state index contributed by atoms with van der Waals surface area (Å²) in [6.45, 7) is 0.486. The van der Waals surface area contributed by atoms with Crippen LogP contribution < -0.4 is 24.8 Å². The first-order chi connectivity index (χ1) is 16.0. The zero-order valence-corrected chi connectivity index (χ0v) is 19.3. The third-order valence-electron chi connectivity index (χ3n) is 6.44. The number of alkyl carbamates (subject to hydrolysis) is 1. The maximum Gasteiger partial charge on any atom is 0.407 e. The van der Waals surface area contributed by atoms with Crippen molar-refractivity contribution in [1.82, 2.24) is 10.6 Å². The topological polar surface area (TPSA) is 114 Å². The maximum absolute atomic E-state index is 12.9. The zero-order valence-electron chi connectivity index (χ0n) is 19.3. The van der Waals surface area contributed by atoms with Crippen LogP contribution in [0.2, 0.25) is 0 Å². The van der Waals surface area contributed by atoms with Crippen molar-refractivity contribution < 1.29 is 38.0 Å². The Morgan fingerprint density at radius 2 is 1.55 bits per heavy atom. The van der Waals surface area contributed by atoms with Gasteiger partial charge in [-0.1, -0.05) is 19.3 Å². The number of carbonyl (C=O) groups excluding carboxylic acids is 2. The van der Waals surface area contributed by atoms with E-state index < -0.39 is 24.4 Å². The fraction of sp³-hybridized carbons (Fsp3) is 0.652. The van der Waals surface area contributed by atoms with Gasteiger partial charge in [0.2, 0.25) is 5.75 Å². The van der Waals surface area contributed by atoms with Crippen LogP contribution in [0.5, 0.6) is 17.2 Å². The lowest BCUT2D eigenvalue weighted by atomic mass is 9.96. The van der Waals surface area contributed by atoms with Gasteiger partial charge in [-0.15, -0.1) is 0 Å². The molecule has 4 atom stereocenters. The van der Waals surface area contributed by atoms with E-state index in [-0.39, 0.29) is 31.2 Å². The third kappa shape index (κ3) is 5.11. The molecule has 1 saturated carbocycles. The molecule has 1 aromatic carbocycles. The van der Waals surface area contributed by atoms with Gasteiger partial charge < -0.3 is 39.1 Å². The highest BCUT2D eigenvalue weighted by atomic mass is 16.6. The number of ether oxygens (including phenoxy) is 6. The molecule has 10 nitrogen and oxygen atoms in total. The summed E-state index contributed by atoms with van der Waals surface area (Å²) in [5.41, 5.74) is 0.352. The van der Waals surface area contributed by atoms with Gasteiger partial charge >= 0.3 is 6.09 Å². The zero-order chi connectivity index (χ0) is 23.4. The molecule has 3 aliphatic rings. The van der Waals surface area contributed by atoms with Gasteiger partial charge in [0.1, 0.15) is 12.2 Å². The van der Waals surface area contributed by atoms with Crippen LogP contribution in [0, 0.1) is 0 Å². The molecule has 0 bridgehead atoms. The number of benzene rings is 1. The van der Waals surface area contributed by atoms with Gasteiger partial charge in [-0.2, -0.15) is 0 Å². The van der Waals surface area contributed by atoms with Crippen molar-refractivity contribution in [2.24, 2.45) is 0 Å². The second kappa shape index (κ2) is 10.5. The van der Waals surface area contributed by atoms with Crippen molar-refractivity contribution >= 4 is 12.0 Å². The average Bonchev–Trinajstić information content (AvgIpc) is 3.41. The molecule has 4 unspecified atom stereocenters. The molecule has 33 heavy (non-hydrogen) atoms. The average molecular weight is 465 g/mol. The van der Waals surface area contributed by atoms with Crippen molar-refractivity contribution in [2.45, 2.75) is 62.5 Å². The Hall–Kier alpha value is -2.72. The summed E-state index contributed by atoms with van der Waals surface area (Å²) < 4.78 is 33.2. The molecule has 3 fully saturated rings. The summed E-state index contributed by atoms with van der Waals surface area (Å²) in [5, 5.41) is 5.89. The summed E-state index contributed by atoms with van der Waals surface area (Å²) in [4.78, 5) is 25.3. The summed E-state index contributed by atoms with van der Waals surface area (Å²) >= 11 is 0. The number of hydrogen-bond donors (Lipinski definition) is 2. The van der Waals surface area contributed by atoms with Crippen LogP contribution in [0.25, 0.3) is 0 Å². The van der Waals surface area contributed by atoms with E-state index in [0.29, 0.717) is 22.8 Å². The van der Waals surface area contributed by atoms with Gasteiger partial charge in [0.15, 0.2) is 17.6 Å². The van der Waals surface area contributed by atoms with E-state index in [4.69, 9.17) is 28.4 Å². The van der Waals surface area contributed by atoms with Crippen molar-refractivity contribution in [3.05, 3.63) is 17.7 Å². The fourth-order valence-electron chi connectivity index (χ4n) is 4.74. The normalized spacial score (nSPS) is 26.9. The summed E-state index contributed by atoms with van der Waals surface area (Å²) in [6.07, 6.45) is 3.64. The molecule has 182 valence electrons. The molecule has 0 aromatic heterocycles. The minimum Gasteiger partial charge on any atom is -0.493 e. The van der Waals surface area contributed by atoms with Gasteiger partial charge in [0.05, 0.1) is 40.6 Å². The van der Waals surface area contributed by atoms with Gasteiger partial charge in [-0.25, -0.2) is 4.79 Å². The predicted octanol–water partition coefficient (Wildman–Crippen LogP) is 2.04. The number of hydrogen-bond acceptors (Lipinski definition) is 8. The molecule has 1 aromatic rings. The van der Waals surface area contributed by atoms with Crippen molar-refractivity contribution in [3.63, 3.8) is 0 Å². The minimum atomic E-state index is -0.512. The standard InChI is InChI=1S/C23H32N2O8/c1-28-16-9-13(10-17(29-2)20(16)30-3)22(26)25-15-11-31-21-18(12-32-19(15)21)33-23(27)24-14-7-5-4-6-8-14/h9-10,14-15,18-19,21H,4-8,11-12H2,1-3H3,(H,24,27)(H,25,26). The molecule has 2 heterocycles. The van der Waals surface area contributed by atoms with Crippen molar-refractivity contribution in [2.75, 3.05) is 34.5 Å². The first-order valence-corrected chi connectivity index (χ1v) is 11.3. The number of amides is 2. The van der Waals surface area contributed by atoms with E-state index in [2.05, 4.69) is 10.6 Å². The molecular weight excluding hydrogens is 432 g/mol. The third-order valence-corrected chi connectivity index (χ3v) is 6.44. The Morgan fingerprint density at radius 3 is 2.18 bits per heavy atom. The molecule has 1 aliphatic carbocycles. The Kier molecular flexibility index (Phi) is 7.44. The molecule has 2 saturated heterocycles. The number of carbonyl (C=O) groups is 2. The molecule has 2 N–H and O–H groups in total. The fourth-order valence-corrected chi connectivity index (χ4v) is 4.74. The van der Waals surface area contributed by atoms with E-state index in [1.807, 2.05) is 0 Å². The lowest BCUT2D eigenvalue weighted by Crippen LogP contribution is -2.45. The number of rotatable bonds is 7. The number of methoxy groups -OCH3 is 3. The Bertz CT molecular complexity index is 832. The molecule has 2 aliphatic heterocycles. The molecule has 0 spiro atoms. The van der Waals surface area contributed by atoms with Crippen LogP contribution in [-0.2, 0) is 14.2 Å². The predicted molar refractivity (Wildman–Crippen MR) is 117 cm³/mol. The Morgan fingerprint density at radius 1 is 0.879 bits per heavy atom. The first kappa shape index (κ1) is 23.4. The maximum atomic E-state index is 12.9. The van der Waals surface area contributed by atoms with Crippen LogP contribution >= 0.6 is 0 Å². The number of nitrogens with one attached hydrogen (secondary N) is 2. The molecule has 4 rings (SSSR count). The smallest absolute Gasteiger partial charge is 0.407 e. The Labute approximate surface area is 193 Å². The van der Waals surface area contributed by atoms with Crippen LogP contribution in [-0.4, -0.2) is 76.9 Å². The second-order valence-corrected chi connectivity index (χ2v) is 8.51. The largest absolute Gasteiger partial charge is 0.493 e. The van der Waals surface area contributed by atoms with Crippen LogP contribution in [0.4, 0.5) is 4.79 Å². The highest BCUT2D eigenvalue weighted by Crippen LogP contribution is 2.38. The van der Waals surface area contributed by atoms with Gasteiger partial charge in [0.25, 0.3) is 5.91 Å². The van der Waals surface area contributed by atoms with Gasteiger partial charge in [-0.3, -0.25) is 4.79 Å². The summed E-state index contributed by atoms with van der Waals surface area (Å²) in [6, 6.07) is 2.96. The molecule has 0 radical (unpaired) electrons. The van der Waals surface area contributed by atoms with Crippen LogP contribution in [0.3, 0.4) is 0 Å². The van der Waals surface area contributed by atoms with E-state index in [1.54, 1.807) is 12.1 Å². The van der Waals surface area contributed by atoms with Crippen molar-refractivity contribution in [3.8, 4) is 17.2 Å². The summed E-state index contributed by atoms with van der Waals surface area (Å²) in [7, 11) is 4.48. The minimum absolute atomic E-state index is 0.166. The Balaban J connectivity index is 1.35. The van der Waals surface area contributed by atoms with Gasteiger partial charge in [0, 0.05) is 11.6 Å². The van der Waals surface area contributed by atoms with Gasteiger partial charge in [-0.05, 0) is 25.0 Å². The lowest BCUT2D eigenvalue weighted by molar-refractivity contribution is 0.00260. The van der Waals surface area contributed by atoms with Crippen LogP contribution in [0.15, 0.2) is 12.1 Å².